The molecule has 13 heavy (non-hydrogen) atoms. The van der Waals surface area contributed by atoms with Gasteiger partial charge in [0.2, 0.25) is 0 Å². The van der Waals surface area contributed by atoms with Gasteiger partial charge < -0.3 is 11.5 Å². The van der Waals surface area contributed by atoms with Gasteiger partial charge in [-0.3, -0.25) is 15.7 Å². The first-order valence-corrected chi connectivity index (χ1v) is 3.57. The molecule has 0 aliphatic carbocycles. The molecule has 7 heteroatoms. The number of hydrogen-bond acceptors (Lipinski definition) is 2. The van der Waals surface area contributed by atoms with E-state index in [2.05, 4.69) is 17.2 Å². The van der Waals surface area contributed by atoms with Gasteiger partial charge in [0, 0.05) is 23.0 Å². The zero-order valence-corrected chi connectivity index (χ0v) is 9.25. The summed E-state index contributed by atoms with van der Waals surface area (Å²) in [6.07, 6.45) is 2.08. The van der Waals surface area contributed by atoms with Gasteiger partial charge >= 0.3 is 0 Å². The maximum absolute atomic E-state index is 6.81. The second-order valence-corrected chi connectivity index (χ2v) is 2.16. The van der Waals surface area contributed by atoms with Crippen molar-refractivity contribution in [2.45, 2.75) is 19.8 Å². The van der Waals surface area contributed by atoms with Gasteiger partial charge in [0.15, 0.2) is 11.9 Å². The van der Waals surface area contributed by atoms with E-state index < -0.39 is 0 Å². The summed E-state index contributed by atoms with van der Waals surface area (Å²) in [7, 11) is 0. The first-order chi connectivity index (χ1) is 5.16. The van der Waals surface area contributed by atoms with Crippen molar-refractivity contribution < 1.29 is 16.5 Å². The number of guanidine groups is 2. The van der Waals surface area contributed by atoms with Crippen LogP contribution in [0.5, 0.6) is 0 Å². The summed E-state index contributed by atoms with van der Waals surface area (Å²) in [5.74, 6) is 0.0358. The van der Waals surface area contributed by atoms with Gasteiger partial charge in [-0.2, -0.15) is 0 Å². The Labute approximate surface area is 94.6 Å². The minimum Gasteiger partial charge on any atom is -0.370 e. The Morgan fingerprint density at radius 3 is 2.38 bits per heavy atom. The molecule has 0 aromatic heterocycles. The maximum atomic E-state index is 6.81. The van der Waals surface area contributed by atoms with Crippen LogP contribution in [-0.4, -0.2) is 18.5 Å². The second-order valence-electron chi connectivity index (χ2n) is 2.16. The molecule has 0 heterocycles. The molecule has 82 valence electrons. The Morgan fingerprint density at radius 2 is 2.00 bits per heavy atom. The number of halogens is 1. The maximum Gasteiger partial charge on any atom is 0.195 e. The summed E-state index contributed by atoms with van der Waals surface area (Å²) in [6.45, 7) is 2.76. The SMILES string of the molecule is CCCCN=C(N)NC(=N)N.Cl.[Ni]. The third-order valence-electron chi connectivity index (χ3n) is 1.06. The summed E-state index contributed by atoms with van der Waals surface area (Å²) in [6, 6.07) is 0. The Bertz CT molecular complexity index is 161. The number of hydrogen-bond donors (Lipinski definition) is 4. The first-order valence-electron chi connectivity index (χ1n) is 3.57. The van der Waals surface area contributed by atoms with E-state index in [4.69, 9.17) is 16.9 Å². The van der Waals surface area contributed by atoms with Crippen LogP contribution in [0.1, 0.15) is 19.8 Å². The third kappa shape index (κ3) is 14.4. The summed E-state index contributed by atoms with van der Waals surface area (Å²) in [5, 5.41) is 9.20. The molecule has 0 radical (unpaired) electrons. The Balaban J connectivity index is -0.000000500. The molecule has 0 rings (SSSR count). The molecule has 0 saturated heterocycles. The van der Waals surface area contributed by atoms with Crippen LogP contribution in [0.25, 0.3) is 0 Å². The van der Waals surface area contributed by atoms with Gasteiger partial charge in [0.25, 0.3) is 0 Å². The van der Waals surface area contributed by atoms with Crippen molar-refractivity contribution in [3.05, 3.63) is 0 Å². The molecular weight excluding hydrogens is 236 g/mol. The largest absolute Gasteiger partial charge is 0.370 e. The molecule has 0 aromatic carbocycles. The zero-order valence-electron chi connectivity index (χ0n) is 7.45. The standard InChI is InChI=1S/C6H15N5.ClH.Ni/c1-2-3-4-10-6(9)11-5(7)8;;/h2-4H2,1H3,(H6,7,8,9,10,11);1H;. The summed E-state index contributed by atoms with van der Waals surface area (Å²) in [4.78, 5) is 3.92. The summed E-state index contributed by atoms with van der Waals surface area (Å²) < 4.78 is 0. The minimum atomic E-state index is -0.178. The molecule has 0 fully saturated rings. The molecule has 0 spiro atoms. The van der Waals surface area contributed by atoms with Crippen LogP contribution in [0.15, 0.2) is 4.99 Å². The van der Waals surface area contributed by atoms with Crippen LogP contribution >= 0.6 is 12.4 Å². The second kappa shape index (κ2) is 11.5. The summed E-state index contributed by atoms with van der Waals surface area (Å²) in [5.41, 5.74) is 10.3. The van der Waals surface area contributed by atoms with E-state index in [0.29, 0.717) is 6.54 Å². The predicted octanol–water partition coefficient (Wildman–Crippen LogP) is 0.00357. The summed E-state index contributed by atoms with van der Waals surface area (Å²) >= 11 is 0. The predicted molar refractivity (Wildman–Crippen MR) is 53.7 cm³/mol. The topological polar surface area (TPSA) is 100 Å². The van der Waals surface area contributed by atoms with Crippen LogP contribution in [-0.2, 0) is 16.5 Å². The molecule has 0 bridgehead atoms. The van der Waals surface area contributed by atoms with Gasteiger partial charge in [0.05, 0.1) is 0 Å². The van der Waals surface area contributed by atoms with E-state index in [-0.39, 0.29) is 40.8 Å². The number of nitrogens with zero attached hydrogens (tertiary/aromatic N) is 1. The van der Waals surface area contributed by atoms with Gasteiger partial charge in [-0.15, -0.1) is 12.4 Å². The van der Waals surface area contributed by atoms with Gasteiger partial charge in [0.1, 0.15) is 0 Å². The molecule has 0 aromatic rings. The Kier molecular flexibility index (Phi) is 16.3. The van der Waals surface area contributed by atoms with Gasteiger partial charge in [-0.1, -0.05) is 13.3 Å². The average molecular weight is 252 g/mol. The number of rotatable bonds is 3. The minimum absolute atomic E-state index is 0. The van der Waals surface area contributed by atoms with Crippen molar-refractivity contribution in [3.8, 4) is 0 Å². The van der Waals surface area contributed by atoms with Gasteiger partial charge in [-0.05, 0) is 6.42 Å². The van der Waals surface area contributed by atoms with Crippen molar-refractivity contribution in [2.75, 3.05) is 6.54 Å². The fourth-order valence-electron chi connectivity index (χ4n) is 0.535. The van der Waals surface area contributed by atoms with Crippen LogP contribution < -0.4 is 16.8 Å². The van der Waals surface area contributed by atoms with Crippen molar-refractivity contribution in [2.24, 2.45) is 16.5 Å². The smallest absolute Gasteiger partial charge is 0.195 e. The van der Waals surface area contributed by atoms with E-state index in [9.17, 15) is 0 Å². The average Bonchev–Trinajstić information content (AvgIpc) is 1.86. The molecule has 6 N–H and O–H groups in total. The van der Waals surface area contributed by atoms with Gasteiger partial charge in [-0.25, -0.2) is 0 Å². The van der Waals surface area contributed by atoms with Crippen LogP contribution in [0, 0.1) is 5.41 Å². The molecule has 0 aliphatic heterocycles. The number of unbranched alkanes of at least 4 members (excludes halogenated alkanes) is 1. The molecule has 0 atom stereocenters. The van der Waals surface area contributed by atoms with E-state index in [1.54, 1.807) is 0 Å². The van der Waals surface area contributed by atoms with E-state index >= 15 is 0 Å². The number of aliphatic imine (C=N–C) groups is 1. The van der Waals surface area contributed by atoms with Crippen molar-refractivity contribution in [3.63, 3.8) is 0 Å². The van der Waals surface area contributed by atoms with Crippen molar-refractivity contribution in [1.82, 2.24) is 5.32 Å². The van der Waals surface area contributed by atoms with E-state index in [0.717, 1.165) is 12.8 Å². The Morgan fingerprint density at radius 1 is 1.46 bits per heavy atom. The van der Waals surface area contributed by atoms with Crippen LogP contribution in [0.4, 0.5) is 0 Å². The van der Waals surface area contributed by atoms with Crippen LogP contribution in [0.3, 0.4) is 0 Å². The molecule has 0 aliphatic rings. The normalized spacial score (nSPS) is 9.46. The molecule has 0 unspecified atom stereocenters. The number of nitrogens with one attached hydrogen (secondary N) is 2. The number of nitrogens with two attached hydrogens (primary N) is 2. The van der Waals surface area contributed by atoms with Crippen LogP contribution in [0.2, 0.25) is 0 Å². The van der Waals surface area contributed by atoms with Crippen molar-refractivity contribution >= 4 is 24.3 Å². The van der Waals surface area contributed by atoms with E-state index in [1.165, 1.54) is 0 Å². The zero-order chi connectivity index (χ0) is 8.69. The fourth-order valence-corrected chi connectivity index (χ4v) is 0.535. The Hall–Kier alpha value is -0.476. The molecular formula is C6H16ClN5Ni. The monoisotopic (exact) mass is 251 g/mol. The quantitative estimate of drug-likeness (QED) is 0.246. The van der Waals surface area contributed by atoms with E-state index in [1.807, 2.05) is 0 Å². The fraction of sp³-hybridized carbons (Fsp3) is 0.667. The first kappa shape index (κ1) is 18.3. The molecule has 5 nitrogen and oxygen atoms in total. The molecule has 0 amide bonds. The molecule has 0 saturated carbocycles. The van der Waals surface area contributed by atoms with Crippen molar-refractivity contribution in [1.29, 1.82) is 5.41 Å². The third-order valence-corrected chi connectivity index (χ3v) is 1.06.